The summed E-state index contributed by atoms with van der Waals surface area (Å²) in [5.74, 6) is -0.950. The summed E-state index contributed by atoms with van der Waals surface area (Å²) in [5.41, 5.74) is -0.855. The standard InChI is InChI=1S/C14H19ClN2O4/c1-9-5-3-4-6-14(9)12(19)17(13(20)16-14)7-11(18)21-8-10(2)15/h9H,2-8H2,1H3,(H,16,20). The van der Waals surface area contributed by atoms with Crippen molar-refractivity contribution in [2.75, 3.05) is 13.2 Å². The Hall–Kier alpha value is -1.56. The molecular weight excluding hydrogens is 296 g/mol. The monoisotopic (exact) mass is 314 g/mol. The van der Waals surface area contributed by atoms with Gasteiger partial charge in [-0.25, -0.2) is 4.79 Å². The lowest BCUT2D eigenvalue weighted by molar-refractivity contribution is -0.147. The minimum absolute atomic E-state index is 0.0614. The average molecular weight is 315 g/mol. The van der Waals surface area contributed by atoms with Gasteiger partial charge in [0.2, 0.25) is 0 Å². The largest absolute Gasteiger partial charge is 0.459 e. The molecule has 1 saturated carbocycles. The molecular formula is C14H19ClN2O4. The summed E-state index contributed by atoms with van der Waals surface area (Å²) in [6.45, 7) is 4.82. The van der Waals surface area contributed by atoms with Gasteiger partial charge in [-0.3, -0.25) is 14.5 Å². The number of amides is 3. The average Bonchev–Trinajstić information content (AvgIpc) is 2.65. The second kappa shape index (κ2) is 6.05. The first-order valence-corrected chi connectivity index (χ1v) is 7.37. The molecule has 116 valence electrons. The van der Waals surface area contributed by atoms with Crippen LogP contribution in [0.15, 0.2) is 11.6 Å². The Kier molecular flexibility index (Phi) is 4.56. The third-order valence-electron chi connectivity index (χ3n) is 4.18. The van der Waals surface area contributed by atoms with E-state index in [1.807, 2.05) is 6.92 Å². The molecule has 0 aromatic rings. The molecule has 2 aliphatic rings. The summed E-state index contributed by atoms with van der Waals surface area (Å²) in [5, 5.41) is 2.95. The Morgan fingerprint density at radius 3 is 2.86 bits per heavy atom. The molecule has 1 aliphatic carbocycles. The molecule has 0 radical (unpaired) electrons. The molecule has 6 nitrogen and oxygen atoms in total. The zero-order chi connectivity index (χ0) is 15.6. The molecule has 2 rings (SSSR count). The van der Waals surface area contributed by atoms with E-state index in [-0.39, 0.29) is 23.5 Å². The van der Waals surface area contributed by atoms with Crippen LogP contribution in [0.25, 0.3) is 0 Å². The molecule has 2 fully saturated rings. The SMILES string of the molecule is C=C(Cl)COC(=O)CN1C(=O)NC2(CCCCC2C)C1=O. The van der Waals surface area contributed by atoms with Crippen molar-refractivity contribution in [3.8, 4) is 0 Å². The third-order valence-corrected chi connectivity index (χ3v) is 4.29. The molecule has 0 bridgehead atoms. The highest BCUT2D eigenvalue weighted by atomic mass is 35.5. The van der Waals surface area contributed by atoms with Crippen LogP contribution in [0, 0.1) is 5.92 Å². The summed E-state index contributed by atoms with van der Waals surface area (Å²) < 4.78 is 4.82. The Bertz CT molecular complexity index is 493. The fourth-order valence-corrected chi connectivity index (χ4v) is 3.03. The molecule has 1 spiro atoms. The molecule has 1 saturated heterocycles. The lowest BCUT2D eigenvalue weighted by Gasteiger charge is -2.36. The number of ether oxygens (including phenoxy) is 1. The predicted molar refractivity (Wildman–Crippen MR) is 76.6 cm³/mol. The van der Waals surface area contributed by atoms with Crippen LogP contribution in [0.4, 0.5) is 4.79 Å². The van der Waals surface area contributed by atoms with E-state index in [2.05, 4.69) is 11.9 Å². The van der Waals surface area contributed by atoms with Crippen LogP contribution in [0.2, 0.25) is 0 Å². The first-order chi connectivity index (χ1) is 9.86. The molecule has 1 heterocycles. The normalized spacial score (nSPS) is 28.7. The summed E-state index contributed by atoms with van der Waals surface area (Å²) in [7, 11) is 0. The van der Waals surface area contributed by atoms with E-state index in [0.29, 0.717) is 6.42 Å². The van der Waals surface area contributed by atoms with Crippen LogP contribution in [0.3, 0.4) is 0 Å². The number of carbonyl (C=O) groups excluding carboxylic acids is 3. The van der Waals surface area contributed by atoms with Gasteiger partial charge in [0.25, 0.3) is 5.91 Å². The highest BCUT2D eigenvalue weighted by molar-refractivity contribution is 6.29. The minimum atomic E-state index is -0.855. The van der Waals surface area contributed by atoms with Gasteiger partial charge in [0, 0.05) is 5.03 Å². The maximum atomic E-state index is 12.6. The van der Waals surface area contributed by atoms with Crippen molar-refractivity contribution in [2.45, 2.75) is 38.1 Å². The van der Waals surface area contributed by atoms with Gasteiger partial charge >= 0.3 is 12.0 Å². The molecule has 0 aromatic carbocycles. The Labute approximate surface area is 128 Å². The molecule has 2 atom stereocenters. The van der Waals surface area contributed by atoms with E-state index in [4.69, 9.17) is 16.3 Å². The van der Waals surface area contributed by atoms with Crippen LogP contribution >= 0.6 is 11.6 Å². The number of esters is 1. The molecule has 1 aliphatic heterocycles. The fourth-order valence-electron chi connectivity index (χ4n) is 2.97. The van der Waals surface area contributed by atoms with E-state index >= 15 is 0 Å². The van der Waals surface area contributed by atoms with Crippen LogP contribution in [0.1, 0.15) is 32.6 Å². The number of nitrogens with zero attached hydrogens (tertiary/aromatic N) is 1. The van der Waals surface area contributed by atoms with Crippen molar-refractivity contribution < 1.29 is 19.1 Å². The van der Waals surface area contributed by atoms with E-state index in [1.165, 1.54) is 0 Å². The second-order valence-corrected chi connectivity index (χ2v) is 6.15. The highest BCUT2D eigenvalue weighted by Crippen LogP contribution is 2.38. The van der Waals surface area contributed by atoms with E-state index in [1.54, 1.807) is 0 Å². The zero-order valence-corrected chi connectivity index (χ0v) is 12.7. The number of carbonyl (C=O) groups is 3. The van der Waals surface area contributed by atoms with Crippen molar-refractivity contribution in [2.24, 2.45) is 5.92 Å². The van der Waals surface area contributed by atoms with Gasteiger partial charge in [-0.15, -0.1) is 0 Å². The van der Waals surface area contributed by atoms with Crippen LogP contribution in [-0.4, -0.2) is 41.5 Å². The zero-order valence-electron chi connectivity index (χ0n) is 12.0. The lowest BCUT2D eigenvalue weighted by atomic mass is 9.73. The fraction of sp³-hybridized carbons (Fsp3) is 0.643. The van der Waals surface area contributed by atoms with Crippen molar-refractivity contribution in [1.29, 1.82) is 0 Å². The summed E-state index contributed by atoms with van der Waals surface area (Å²) in [6.07, 6.45) is 3.44. The van der Waals surface area contributed by atoms with E-state index < -0.39 is 24.1 Å². The predicted octanol–water partition coefficient (Wildman–Crippen LogP) is 1.78. The van der Waals surface area contributed by atoms with Crippen molar-refractivity contribution in [3.63, 3.8) is 0 Å². The topological polar surface area (TPSA) is 75.7 Å². The van der Waals surface area contributed by atoms with Gasteiger partial charge in [0.05, 0.1) is 0 Å². The second-order valence-electron chi connectivity index (χ2n) is 5.62. The third kappa shape index (κ3) is 3.05. The molecule has 3 amide bonds. The number of urea groups is 1. The maximum Gasteiger partial charge on any atom is 0.326 e. The highest BCUT2D eigenvalue weighted by Gasteiger charge is 2.55. The number of imide groups is 1. The number of halogens is 1. The summed E-state index contributed by atoms with van der Waals surface area (Å²) in [6, 6.07) is -0.532. The Morgan fingerprint density at radius 1 is 1.52 bits per heavy atom. The summed E-state index contributed by atoms with van der Waals surface area (Å²) >= 11 is 5.50. The van der Waals surface area contributed by atoms with Gasteiger partial charge in [-0.2, -0.15) is 0 Å². The smallest absolute Gasteiger partial charge is 0.326 e. The quantitative estimate of drug-likeness (QED) is 0.634. The number of hydrogen-bond donors (Lipinski definition) is 1. The lowest BCUT2D eigenvalue weighted by Crippen LogP contribution is -2.54. The molecule has 21 heavy (non-hydrogen) atoms. The Balaban J connectivity index is 2.05. The molecule has 2 unspecified atom stereocenters. The van der Waals surface area contributed by atoms with Gasteiger partial charge < -0.3 is 10.1 Å². The van der Waals surface area contributed by atoms with Crippen LogP contribution < -0.4 is 5.32 Å². The number of hydrogen-bond acceptors (Lipinski definition) is 4. The molecule has 7 heteroatoms. The minimum Gasteiger partial charge on any atom is -0.459 e. The first-order valence-electron chi connectivity index (χ1n) is 7.00. The van der Waals surface area contributed by atoms with Gasteiger partial charge in [0.1, 0.15) is 18.7 Å². The summed E-state index contributed by atoms with van der Waals surface area (Å²) in [4.78, 5) is 37.2. The van der Waals surface area contributed by atoms with Crippen LogP contribution in [-0.2, 0) is 14.3 Å². The first kappa shape index (κ1) is 15.8. The number of rotatable bonds is 4. The maximum absolute atomic E-state index is 12.6. The van der Waals surface area contributed by atoms with Gasteiger partial charge in [0.15, 0.2) is 0 Å². The van der Waals surface area contributed by atoms with Crippen LogP contribution in [0.5, 0.6) is 0 Å². The van der Waals surface area contributed by atoms with E-state index in [0.717, 1.165) is 24.2 Å². The van der Waals surface area contributed by atoms with Gasteiger partial charge in [-0.05, 0) is 18.8 Å². The van der Waals surface area contributed by atoms with E-state index in [9.17, 15) is 14.4 Å². The molecule has 1 N–H and O–H groups in total. The number of nitrogens with one attached hydrogen (secondary N) is 1. The van der Waals surface area contributed by atoms with Gasteiger partial charge in [-0.1, -0.05) is 37.9 Å². The van der Waals surface area contributed by atoms with Crippen molar-refractivity contribution in [1.82, 2.24) is 10.2 Å². The molecule has 0 aromatic heterocycles. The van der Waals surface area contributed by atoms with Crippen molar-refractivity contribution >= 4 is 29.5 Å². The van der Waals surface area contributed by atoms with Crippen molar-refractivity contribution in [3.05, 3.63) is 11.6 Å². The Morgan fingerprint density at radius 2 is 2.24 bits per heavy atom.